The van der Waals surface area contributed by atoms with Crippen LogP contribution in [-0.4, -0.2) is 45.3 Å². The van der Waals surface area contributed by atoms with Crippen molar-refractivity contribution in [3.63, 3.8) is 0 Å². The highest BCUT2D eigenvalue weighted by Crippen LogP contribution is 2.34. The van der Waals surface area contributed by atoms with Crippen molar-refractivity contribution in [2.75, 3.05) is 11.6 Å². The normalized spacial score (nSPS) is 12.4. The Kier molecular flexibility index (Phi) is 5.89. The van der Waals surface area contributed by atoms with Crippen LogP contribution in [0.4, 0.5) is 11.5 Å². The number of anilines is 2. The van der Waals surface area contributed by atoms with Gasteiger partial charge in [0.15, 0.2) is 9.84 Å². The molecule has 0 saturated carbocycles. The van der Waals surface area contributed by atoms with Gasteiger partial charge in [-0.05, 0) is 61.9 Å². The van der Waals surface area contributed by atoms with E-state index in [9.17, 15) is 8.42 Å². The van der Waals surface area contributed by atoms with Crippen molar-refractivity contribution in [2.24, 2.45) is 5.16 Å². The van der Waals surface area contributed by atoms with Crippen LogP contribution in [-0.2, 0) is 16.4 Å². The third-order valence-electron chi connectivity index (χ3n) is 6.10. The van der Waals surface area contributed by atoms with Crippen LogP contribution in [0.1, 0.15) is 12.5 Å². The number of aryl methyl sites for hydroxylation is 1. The number of aromatic nitrogens is 4. The van der Waals surface area contributed by atoms with E-state index >= 15 is 0 Å². The van der Waals surface area contributed by atoms with Gasteiger partial charge in [-0.3, -0.25) is 9.67 Å². The lowest BCUT2D eigenvalue weighted by atomic mass is 9.98. The maximum Gasteiger partial charge on any atom is 0.175 e. The molecule has 2 N–H and O–H groups in total. The maximum atomic E-state index is 11.7. The zero-order valence-corrected chi connectivity index (χ0v) is 20.8. The van der Waals surface area contributed by atoms with Gasteiger partial charge < -0.3 is 10.5 Å². The topological polar surface area (TPSA) is 122 Å². The van der Waals surface area contributed by atoms with Crippen molar-refractivity contribution < 1.29 is 13.6 Å². The largest absolute Gasteiger partial charge is 0.411 e. The summed E-state index contributed by atoms with van der Waals surface area (Å²) in [6.07, 6.45) is 6.56. The molecule has 9 nitrogen and oxygen atoms in total. The molecule has 36 heavy (non-hydrogen) atoms. The minimum absolute atomic E-state index is 0.263. The minimum atomic E-state index is -3.26. The van der Waals surface area contributed by atoms with Gasteiger partial charge in [0, 0.05) is 46.1 Å². The van der Waals surface area contributed by atoms with Gasteiger partial charge >= 0.3 is 0 Å². The summed E-state index contributed by atoms with van der Waals surface area (Å²) < 4.78 is 25.3. The summed E-state index contributed by atoms with van der Waals surface area (Å²) in [5.74, 6) is 0.620. The number of hydrogen-bond acceptors (Lipinski definition) is 8. The van der Waals surface area contributed by atoms with Gasteiger partial charge in [-0.15, -0.1) is 0 Å². The van der Waals surface area contributed by atoms with Crippen molar-refractivity contribution in [3.8, 4) is 11.3 Å². The third kappa shape index (κ3) is 4.38. The van der Waals surface area contributed by atoms with E-state index in [4.69, 9.17) is 10.2 Å². The summed E-state index contributed by atoms with van der Waals surface area (Å²) in [4.78, 5) is 9.48. The molecule has 0 aliphatic carbocycles. The molecule has 0 bridgehead atoms. The molecule has 10 heteroatoms. The summed E-state index contributed by atoms with van der Waals surface area (Å²) in [5, 5.41) is 22.9. The van der Waals surface area contributed by atoms with Gasteiger partial charge in [-0.25, -0.2) is 13.4 Å². The average Bonchev–Trinajstić information content (AvgIpc) is 3.27. The highest BCUT2D eigenvalue weighted by molar-refractivity contribution is 7.90. The van der Waals surface area contributed by atoms with E-state index in [0.29, 0.717) is 18.1 Å². The summed E-state index contributed by atoms with van der Waals surface area (Å²) in [6, 6.07) is 14.4. The molecule has 0 unspecified atom stereocenters. The molecule has 3 heterocycles. The Morgan fingerprint density at radius 1 is 1.06 bits per heavy atom. The smallest absolute Gasteiger partial charge is 0.175 e. The zero-order chi connectivity index (χ0) is 25.4. The van der Waals surface area contributed by atoms with Gasteiger partial charge in [0.1, 0.15) is 5.82 Å². The molecule has 0 aliphatic heterocycles. The van der Waals surface area contributed by atoms with Crippen molar-refractivity contribution in [1.29, 1.82) is 0 Å². The lowest BCUT2D eigenvalue weighted by molar-refractivity contribution is 0.316. The standard InChI is InChI=1S/C26H24N6O3S/c1-16(31-33)15-32-24-9-8-21(17(2)23(24)14-29-32)26-22-12-25(28-13-18(22)10-11-27-26)30-19-4-6-20(7-5-19)36(3,34)35/h4-14,33H,15H2,1-3H3,(H,28,30)/b31-16+. The van der Waals surface area contributed by atoms with E-state index in [2.05, 4.69) is 20.6 Å². The molecule has 0 amide bonds. The first-order valence-corrected chi connectivity index (χ1v) is 13.1. The van der Waals surface area contributed by atoms with Crippen LogP contribution in [0.25, 0.3) is 32.9 Å². The second kappa shape index (κ2) is 9.04. The fourth-order valence-electron chi connectivity index (χ4n) is 4.20. The van der Waals surface area contributed by atoms with E-state index in [1.54, 1.807) is 48.3 Å². The van der Waals surface area contributed by atoms with Crippen molar-refractivity contribution in [2.45, 2.75) is 25.3 Å². The Morgan fingerprint density at radius 3 is 2.56 bits per heavy atom. The number of benzene rings is 2. The number of oxime groups is 1. The highest BCUT2D eigenvalue weighted by Gasteiger charge is 2.15. The summed E-state index contributed by atoms with van der Waals surface area (Å²) in [7, 11) is -3.26. The first-order valence-electron chi connectivity index (χ1n) is 11.2. The summed E-state index contributed by atoms with van der Waals surface area (Å²) in [5.41, 5.74) is 5.09. The Bertz CT molecular complexity index is 1740. The predicted octanol–water partition coefficient (Wildman–Crippen LogP) is 4.95. The van der Waals surface area contributed by atoms with Crippen molar-refractivity contribution in [1.82, 2.24) is 19.7 Å². The molecule has 2 aromatic carbocycles. The molecular weight excluding hydrogens is 476 g/mol. The molecule has 5 aromatic rings. The van der Waals surface area contributed by atoms with Gasteiger partial charge in [0.2, 0.25) is 0 Å². The minimum Gasteiger partial charge on any atom is -0.411 e. The van der Waals surface area contributed by atoms with E-state index in [1.165, 1.54) is 6.26 Å². The van der Waals surface area contributed by atoms with E-state index in [1.807, 2.05) is 37.4 Å². The molecule has 0 saturated heterocycles. The summed E-state index contributed by atoms with van der Waals surface area (Å²) >= 11 is 0. The van der Waals surface area contributed by atoms with Crippen LogP contribution in [0.5, 0.6) is 0 Å². The number of sulfone groups is 1. The zero-order valence-electron chi connectivity index (χ0n) is 20.0. The Balaban J connectivity index is 1.54. The van der Waals surface area contributed by atoms with E-state index in [-0.39, 0.29) is 4.90 Å². The maximum absolute atomic E-state index is 11.7. The number of hydrogen-bond donors (Lipinski definition) is 2. The van der Waals surface area contributed by atoms with E-state index < -0.39 is 9.84 Å². The first kappa shape index (κ1) is 23.4. The molecule has 0 aliphatic rings. The Labute approximate surface area is 208 Å². The molecular formula is C26H24N6O3S. The quantitative estimate of drug-likeness (QED) is 0.192. The second-order valence-electron chi connectivity index (χ2n) is 8.68. The number of nitrogens with one attached hydrogen (secondary N) is 1. The Hall–Kier alpha value is -4.31. The van der Waals surface area contributed by atoms with Gasteiger partial charge in [0.25, 0.3) is 0 Å². The number of fused-ring (bicyclic) bond motifs is 2. The molecule has 0 spiro atoms. The molecule has 0 fully saturated rings. The molecule has 5 rings (SSSR count). The lowest BCUT2D eigenvalue weighted by Gasteiger charge is -2.12. The van der Waals surface area contributed by atoms with Crippen LogP contribution in [0.3, 0.4) is 0 Å². The number of rotatable bonds is 6. The average molecular weight is 501 g/mol. The van der Waals surface area contributed by atoms with Crippen LogP contribution in [0, 0.1) is 6.92 Å². The van der Waals surface area contributed by atoms with Gasteiger partial charge in [0.05, 0.1) is 34.6 Å². The molecule has 182 valence electrons. The number of nitrogens with zero attached hydrogens (tertiary/aromatic N) is 5. The van der Waals surface area contributed by atoms with Crippen molar-refractivity contribution >= 4 is 48.7 Å². The van der Waals surface area contributed by atoms with Crippen molar-refractivity contribution in [3.05, 3.63) is 72.7 Å². The van der Waals surface area contributed by atoms with Gasteiger partial charge in [-0.2, -0.15) is 5.10 Å². The monoisotopic (exact) mass is 500 g/mol. The second-order valence-corrected chi connectivity index (χ2v) is 10.7. The number of pyridine rings is 2. The van der Waals surface area contributed by atoms with Crippen LogP contribution < -0.4 is 5.32 Å². The van der Waals surface area contributed by atoms with E-state index in [0.717, 1.165) is 44.2 Å². The predicted molar refractivity (Wildman–Crippen MR) is 141 cm³/mol. The Morgan fingerprint density at radius 2 is 1.83 bits per heavy atom. The highest BCUT2D eigenvalue weighted by atomic mass is 32.2. The molecule has 3 aromatic heterocycles. The SMILES string of the molecule is C/C(Cn1ncc2c(C)c(-c3nccc4cnc(Nc5ccc(S(C)(=O)=O)cc5)cc34)ccc21)=N\O. The molecule has 0 atom stereocenters. The summed E-state index contributed by atoms with van der Waals surface area (Å²) in [6.45, 7) is 4.19. The fraction of sp³-hybridized carbons (Fsp3) is 0.154. The molecule has 0 radical (unpaired) electrons. The first-order chi connectivity index (χ1) is 17.2. The third-order valence-corrected chi connectivity index (χ3v) is 7.23. The van der Waals surface area contributed by atoms with Crippen LogP contribution in [0.2, 0.25) is 0 Å². The lowest BCUT2D eigenvalue weighted by Crippen LogP contribution is -2.07. The van der Waals surface area contributed by atoms with Gasteiger partial charge in [-0.1, -0.05) is 11.2 Å². The van der Waals surface area contributed by atoms with Crippen LogP contribution >= 0.6 is 0 Å². The van der Waals surface area contributed by atoms with Crippen LogP contribution in [0.15, 0.2) is 77.2 Å². The fourth-order valence-corrected chi connectivity index (χ4v) is 4.84.